The molecule has 2 aliphatic heterocycles. The SMILES string of the molecule is NC(=O)c1ccccc1C1CCN2CCCCC12. The Labute approximate surface area is 108 Å². The first-order chi connectivity index (χ1) is 8.77. The highest BCUT2D eigenvalue weighted by molar-refractivity contribution is 5.94. The second-order valence-corrected chi connectivity index (χ2v) is 5.45. The Morgan fingerprint density at radius 2 is 2.00 bits per heavy atom. The Kier molecular flexibility index (Phi) is 3.08. The van der Waals surface area contributed by atoms with Gasteiger partial charge in [-0.05, 0) is 44.0 Å². The fourth-order valence-corrected chi connectivity index (χ4v) is 3.65. The summed E-state index contributed by atoms with van der Waals surface area (Å²) in [5.74, 6) is 0.203. The molecule has 0 saturated carbocycles. The summed E-state index contributed by atoms with van der Waals surface area (Å²) in [5.41, 5.74) is 7.38. The van der Waals surface area contributed by atoms with Crippen LogP contribution < -0.4 is 5.73 Å². The van der Waals surface area contributed by atoms with E-state index in [1.807, 2.05) is 18.2 Å². The van der Waals surface area contributed by atoms with Crippen molar-refractivity contribution in [3.63, 3.8) is 0 Å². The third-order valence-corrected chi connectivity index (χ3v) is 4.48. The summed E-state index contributed by atoms with van der Waals surface area (Å²) >= 11 is 0. The van der Waals surface area contributed by atoms with E-state index < -0.39 is 0 Å². The lowest BCUT2D eigenvalue weighted by atomic mass is 9.85. The van der Waals surface area contributed by atoms with Crippen molar-refractivity contribution in [3.8, 4) is 0 Å². The van der Waals surface area contributed by atoms with E-state index in [2.05, 4.69) is 11.0 Å². The molecular weight excluding hydrogens is 224 g/mol. The normalized spacial score (nSPS) is 28.0. The maximum absolute atomic E-state index is 11.5. The molecule has 18 heavy (non-hydrogen) atoms. The molecule has 2 N–H and O–H groups in total. The van der Waals surface area contributed by atoms with E-state index in [4.69, 9.17) is 5.73 Å². The number of carbonyl (C=O) groups is 1. The highest BCUT2D eigenvalue weighted by Crippen LogP contribution is 2.39. The van der Waals surface area contributed by atoms with E-state index in [1.165, 1.54) is 37.9 Å². The molecule has 1 amide bonds. The van der Waals surface area contributed by atoms with E-state index in [9.17, 15) is 4.79 Å². The van der Waals surface area contributed by atoms with Gasteiger partial charge in [0.1, 0.15) is 0 Å². The number of carbonyl (C=O) groups excluding carboxylic acids is 1. The number of rotatable bonds is 2. The number of piperidine rings is 1. The molecule has 0 aromatic heterocycles. The van der Waals surface area contributed by atoms with E-state index in [0.717, 1.165) is 12.0 Å². The van der Waals surface area contributed by atoms with Crippen molar-refractivity contribution in [2.24, 2.45) is 5.73 Å². The van der Waals surface area contributed by atoms with E-state index in [1.54, 1.807) is 0 Å². The summed E-state index contributed by atoms with van der Waals surface area (Å²) in [7, 11) is 0. The van der Waals surface area contributed by atoms with Crippen LogP contribution in [0.4, 0.5) is 0 Å². The molecule has 0 spiro atoms. The van der Waals surface area contributed by atoms with Gasteiger partial charge in [-0.2, -0.15) is 0 Å². The van der Waals surface area contributed by atoms with Crippen molar-refractivity contribution in [2.75, 3.05) is 13.1 Å². The van der Waals surface area contributed by atoms with Gasteiger partial charge in [0.25, 0.3) is 0 Å². The lowest BCUT2D eigenvalue weighted by Crippen LogP contribution is -2.36. The van der Waals surface area contributed by atoms with Gasteiger partial charge < -0.3 is 5.73 Å². The predicted molar refractivity (Wildman–Crippen MR) is 71.5 cm³/mol. The quantitative estimate of drug-likeness (QED) is 0.866. The zero-order chi connectivity index (χ0) is 12.5. The monoisotopic (exact) mass is 244 g/mol. The molecule has 1 aromatic rings. The Balaban J connectivity index is 1.93. The van der Waals surface area contributed by atoms with Crippen LogP contribution in [0.5, 0.6) is 0 Å². The van der Waals surface area contributed by atoms with Crippen LogP contribution in [-0.4, -0.2) is 29.9 Å². The zero-order valence-corrected chi connectivity index (χ0v) is 10.6. The third kappa shape index (κ3) is 1.93. The van der Waals surface area contributed by atoms with Gasteiger partial charge in [-0.1, -0.05) is 24.6 Å². The Morgan fingerprint density at radius 3 is 2.83 bits per heavy atom. The van der Waals surface area contributed by atoms with Gasteiger partial charge in [-0.3, -0.25) is 9.69 Å². The number of benzene rings is 1. The number of fused-ring (bicyclic) bond motifs is 1. The van der Waals surface area contributed by atoms with Gasteiger partial charge in [0, 0.05) is 17.5 Å². The zero-order valence-electron chi connectivity index (χ0n) is 10.6. The van der Waals surface area contributed by atoms with Crippen molar-refractivity contribution in [3.05, 3.63) is 35.4 Å². The molecule has 3 nitrogen and oxygen atoms in total. The van der Waals surface area contributed by atoms with Crippen molar-refractivity contribution in [1.82, 2.24) is 4.90 Å². The predicted octanol–water partition coefficient (Wildman–Crippen LogP) is 2.13. The molecule has 0 aliphatic carbocycles. The largest absolute Gasteiger partial charge is 0.366 e. The average Bonchev–Trinajstić information content (AvgIpc) is 2.82. The van der Waals surface area contributed by atoms with Gasteiger partial charge in [0.05, 0.1) is 0 Å². The van der Waals surface area contributed by atoms with Crippen molar-refractivity contribution in [2.45, 2.75) is 37.6 Å². The summed E-state index contributed by atoms with van der Waals surface area (Å²) in [4.78, 5) is 14.1. The summed E-state index contributed by atoms with van der Waals surface area (Å²) in [6.07, 6.45) is 5.06. The molecule has 2 heterocycles. The highest BCUT2D eigenvalue weighted by atomic mass is 16.1. The molecule has 2 unspecified atom stereocenters. The molecule has 96 valence electrons. The van der Waals surface area contributed by atoms with Gasteiger partial charge in [-0.25, -0.2) is 0 Å². The minimum absolute atomic E-state index is 0.292. The average molecular weight is 244 g/mol. The number of primary amides is 1. The molecule has 3 heteroatoms. The Bertz CT molecular complexity index is 458. The lowest BCUT2D eigenvalue weighted by Gasteiger charge is -2.33. The maximum atomic E-state index is 11.5. The third-order valence-electron chi connectivity index (χ3n) is 4.48. The molecule has 2 fully saturated rings. The van der Waals surface area contributed by atoms with Crippen LogP contribution in [0, 0.1) is 0 Å². The van der Waals surface area contributed by atoms with Crippen molar-refractivity contribution in [1.29, 1.82) is 0 Å². The van der Waals surface area contributed by atoms with E-state index >= 15 is 0 Å². The first-order valence-electron chi connectivity index (χ1n) is 6.90. The van der Waals surface area contributed by atoms with Gasteiger partial charge in [0.15, 0.2) is 0 Å². The molecule has 1 aromatic carbocycles. The smallest absolute Gasteiger partial charge is 0.248 e. The van der Waals surface area contributed by atoms with Crippen LogP contribution in [0.1, 0.15) is 47.5 Å². The van der Waals surface area contributed by atoms with Crippen LogP contribution >= 0.6 is 0 Å². The first kappa shape index (κ1) is 11.7. The Morgan fingerprint density at radius 1 is 1.17 bits per heavy atom. The minimum atomic E-state index is -0.292. The van der Waals surface area contributed by atoms with Gasteiger partial charge in [-0.15, -0.1) is 0 Å². The fraction of sp³-hybridized carbons (Fsp3) is 0.533. The molecule has 0 bridgehead atoms. The minimum Gasteiger partial charge on any atom is -0.366 e. The van der Waals surface area contributed by atoms with Crippen molar-refractivity contribution >= 4 is 5.91 Å². The van der Waals surface area contributed by atoms with Crippen LogP contribution in [0.2, 0.25) is 0 Å². The highest BCUT2D eigenvalue weighted by Gasteiger charge is 2.37. The molecule has 2 saturated heterocycles. The second-order valence-electron chi connectivity index (χ2n) is 5.45. The topological polar surface area (TPSA) is 46.3 Å². The van der Waals surface area contributed by atoms with Crippen LogP contribution in [0.25, 0.3) is 0 Å². The van der Waals surface area contributed by atoms with Crippen LogP contribution in [0.3, 0.4) is 0 Å². The second kappa shape index (κ2) is 4.73. The number of amides is 1. The van der Waals surface area contributed by atoms with Crippen LogP contribution in [0.15, 0.2) is 24.3 Å². The summed E-state index contributed by atoms with van der Waals surface area (Å²) < 4.78 is 0. The number of hydrogen-bond donors (Lipinski definition) is 1. The number of hydrogen-bond acceptors (Lipinski definition) is 2. The molecular formula is C15H20N2O. The van der Waals surface area contributed by atoms with E-state index in [0.29, 0.717) is 12.0 Å². The van der Waals surface area contributed by atoms with Crippen LogP contribution in [-0.2, 0) is 0 Å². The summed E-state index contributed by atoms with van der Waals surface area (Å²) in [6.45, 7) is 2.39. The molecule has 2 aliphatic rings. The number of nitrogens with zero attached hydrogens (tertiary/aromatic N) is 1. The molecule has 2 atom stereocenters. The fourth-order valence-electron chi connectivity index (χ4n) is 3.65. The maximum Gasteiger partial charge on any atom is 0.248 e. The standard InChI is InChI=1S/C15H20N2O/c16-15(18)13-6-2-1-5-11(13)12-8-10-17-9-4-3-7-14(12)17/h1-2,5-6,12,14H,3-4,7-10H2,(H2,16,18). The molecule has 3 rings (SSSR count). The van der Waals surface area contributed by atoms with Crippen molar-refractivity contribution < 1.29 is 4.79 Å². The summed E-state index contributed by atoms with van der Waals surface area (Å²) in [6, 6.07) is 8.50. The van der Waals surface area contributed by atoms with E-state index in [-0.39, 0.29) is 5.91 Å². The summed E-state index contributed by atoms with van der Waals surface area (Å²) in [5, 5.41) is 0. The van der Waals surface area contributed by atoms with Gasteiger partial charge in [0.2, 0.25) is 5.91 Å². The first-order valence-corrected chi connectivity index (χ1v) is 6.90. The van der Waals surface area contributed by atoms with Gasteiger partial charge >= 0.3 is 0 Å². The number of nitrogens with two attached hydrogens (primary N) is 1. The molecule has 0 radical (unpaired) electrons. The Hall–Kier alpha value is -1.35. The lowest BCUT2D eigenvalue weighted by molar-refractivity contribution is 0.0998.